The molecule has 0 spiro atoms. The summed E-state index contributed by atoms with van der Waals surface area (Å²) in [6, 6.07) is 0.256. The SMILES string of the molecule is NC1CCCCC1NC(=O)CCn1ccnn1. The molecular weight excluding hydrogens is 218 g/mol. The molecule has 2 unspecified atom stereocenters. The van der Waals surface area contributed by atoms with Gasteiger partial charge >= 0.3 is 0 Å². The Morgan fingerprint density at radius 1 is 1.47 bits per heavy atom. The molecule has 94 valence electrons. The van der Waals surface area contributed by atoms with E-state index in [0.29, 0.717) is 13.0 Å². The van der Waals surface area contributed by atoms with Crippen LogP contribution in [0, 0.1) is 0 Å². The number of nitrogens with two attached hydrogens (primary N) is 1. The van der Waals surface area contributed by atoms with Crippen molar-refractivity contribution in [2.45, 2.75) is 50.7 Å². The molecular formula is C11H19N5O. The van der Waals surface area contributed by atoms with Crippen LogP contribution >= 0.6 is 0 Å². The Hall–Kier alpha value is -1.43. The lowest BCUT2D eigenvalue weighted by Gasteiger charge is -2.29. The normalized spacial score (nSPS) is 24.5. The highest BCUT2D eigenvalue weighted by Gasteiger charge is 2.22. The maximum Gasteiger partial charge on any atom is 0.222 e. The summed E-state index contributed by atoms with van der Waals surface area (Å²) < 4.78 is 1.65. The minimum atomic E-state index is 0.0443. The van der Waals surface area contributed by atoms with E-state index in [2.05, 4.69) is 15.6 Å². The Balaban J connectivity index is 1.73. The second-order valence-corrected chi connectivity index (χ2v) is 4.54. The fourth-order valence-electron chi connectivity index (χ4n) is 2.19. The molecule has 1 aliphatic rings. The van der Waals surface area contributed by atoms with Crippen LogP contribution in [0.3, 0.4) is 0 Å². The van der Waals surface area contributed by atoms with Gasteiger partial charge in [0.25, 0.3) is 0 Å². The maximum absolute atomic E-state index is 11.7. The van der Waals surface area contributed by atoms with Gasteiger partial charge < -0.3 is 11.1 Å². The standard InChI is InChI=1S/C11H19N5O/c12-9-3-1-2-4-10(9)14-11(17)5-7-16-8-6-13-15-16/h6,8-10H,1-5,7,12H2,(H,14,17). The Labute approximate surface area is 101 Å². The third kappa shape index (κ3) is 3.52. The number of amides is 1. The van der Waals surface area contributed by atoms with E-state index < -0.39 is 0 Å². The number of carbonyl (C=O) groups excluding carboxylic acids is 1. The third-order valence-corrected chi connectivity index (χ3v) is 3.21. The van der Waals surface area contributed by atoms with Gasteiger partial charge in [0, 0.05) is 24.7 Å². The minimum absolute atomic E-state index is 0.0443. The van der Waals surface area contributed by atoms with Gasteiger partial charge in [-0.05, 0) is 12.8 Å². The van der Waals surface area contributed by atoms with Crippen LogP contribution in [0.2, 0.25) is 0 Å². The largest absolute Gasteiger partial charge is 0.352 e. The predicted octanol–water partition coefficient (Wildman–Crippen LogP) is 0.0543. The van der Waals surface area contributed by atoms with Crippen LogP contribution in [0.1, 0.15) is 32.1 Å². The number of hydrogen-bond donors (Lipinski definition) is 2. The molecule has 1 aromatic rings. The average molecular weight is 237 g/mol. The van der Waals surface area contributed by atoms with Crippen LogP contribution in [0.25, 0.3) is 0 Å². The van der Waals surface area contributed by atoms with Gasteiger partial charge in [-0.1, -0.05) is 18.1 Å². The van der Waals surface area contributed by atoms with E-state index in [1.807, 2.05) is 0 Å². The van der Waals surface area contributed by atoms with Gasteiger partial charge in [-0.25, -0.2) is 0 Å². The van der Waals surface area contributed by atoms with Crippen molar-refractivity contribution < 1.29 is 4.79 Å². The lowest BCUT2D eigenvalue weighted by atomic mass is 9.91. The third-order valence-electron chi connectivity index (χ3n) is 3.21. The Morgan fingerprint density at radius 2 is 2.29 bits per heavy atom. The molecule has 0 aromatic carbocycles. The molecule has 1 heterocycles. The molecule has 1 fully saturated rings. The summed E-state index contributed by atoms with van der Waals surface area (Å²) in [5, 5.41) is 10.5. The average Bonchev–Trinajstić information content (AvgIpc) is 2.82. The van der Waals surface area contributed by atoms with Gasteiger partial charge in [-0.15, -0.1) is 5.10 Å². The van der Waals surface area contributed by atoms with Crippen LogP contribution in [-0.4, -0.2) is 33.0 Å². The van der Waals surface area contributed by atoms with Gasteiger partial charge in [0.05, 0.1) is 12.7 Å². The van der Waals surface area contributed by atoms with E-state index in [1.165, 1.54) is 6.42 Å². The zero-order valence-corrected chi connectivity index (χ0v) is 9.88. The number of rotatable bonds is 4. The smallest absolute Gasteiger partial charge is 0.222 e. The van der Waals surface area contributed by atoms with Crippen molar-refractivity contribution in [2.24, 2.45) is 5.73 Å². The zero-order chi connectivity index (χ0) is 12.1. The van der Waals surface area contributed by atoms with Gasteiger partial charge in [-0.3, -0.25) is 9.48 Å². The van der Waals surface area contributed by atoms with Crippen molar-refractivity contribution in [3.8, 4) is 0 Å². The molecule has 1 aliphatic carbocycles. The molecule has 0 bridgehead atoms. The first kappa shape index (κ1) is 12.0. The molecule has 0 saturated heterocycles. The quantitative estimate of drug-likeness (QED) is 0.775. The molecule has 0 radical (unpaired) electrons. The van der Waals surface area contributed by atoms with E-state index in [4.69, 9.17) is 5.73 Å². The zero-order valence-electron chi connectivity index (χ0n) is 9.88. The monoisotopic (exact) mass is 237 g/mol. The number of hydrogen-bond acceptors (Lipinski definition) is 4. The molecule has 1 amide bonds. The summed E-state index contributed by atoms with van der Waals surface area (Å²) in [5.41, 5.74) is 5.98. The van der Waals surface area contributed by atoms with Crippen molar-refractivity contribution >= 4 is 5.91 Å². The second-order valence-electron chi connectivity index (χ2n) is 4.54. The molecule has 0 aliphatic heterocycles. The molecule has 1 saturated carbocycles. The van der Waals surface area contributed by atoms with Crippen molar-refractivity contribution in [3.05, 3.63) is 12.4 Å². The molecule has 1 aromatic heterocycles. The van der Waals surface area contributed by atoms with Crippen molar-refractivity contribution in [1.82, 2.24) is 20.3 Å². The number of nitrogens with zero attached hydrogens (tertiary/aromatic N) is 3. The van der Waals surface area contributed by atoms with Crippen LogP contribution in [0.5, 0.6) is 0 Å². The predicted molar refractivity (Wildman–Crippen MR) is 63.0 cm³/mol. The molecule has 6 nitrogen and oxygen atoms in total. The number of carbonyl (C=O) groups is 1. The van der Waals surface area contributed by atoms with Gasteiger partial charge in [0.1, 0.15) is 0 Å². The van der Waals surface area contributed by atoms with Gasteiger partial charge in [0.15, 0.2) is 0 Å². The first-order valence-corrected chi connectivity index (χ1v) is 6.15. The van der Waals surface area contributed by atoms with E-state index in [-0.39, 0.29) is 18.0 Å². The van der Waals surface area contributed by atoms with Crippen molar-refractivity contribution in [2.75, 3.05) is 0 Å². The summed E-state index contributed by atoms with van der Waals surface area (Å²) >= 11 is 0. The van der Waals surface area contributed by atoms with Crippen LogP contribution < -0.4 is 11.1 Å². The van der Waals surface area contributed by atoms with E-state index >= 15 is 0 Å². The Bertz CT molecular complexity index is 351. The number of aromatic nitrogens is 3. The van der Waals surface area contributed by atoms with Gasteiger partial charge in [-0.2, -0.15) is 0 Å². The molecule has 17 heavy (non-hydrogen) atoms. The lowest BCUT2D eigenvalue weighted by molar-refractivity contribution is -0.122. The van der Waals surface area contributed by atoms with Crippen molar-refractivity contribution in [3.63, 3.8) is 0 Å². The van der Waals surface area contributed by atoms with E-state index in [1.54, 1.807) is 17.1 Å². The molecule has 3 N–H and O–H groups in total. The lowest BCUT2D eigenvalue weighted by Crippen LogP contribution is -2.49. The van der Waals surface area contributed by atoms with Crippen LogP contribution in [0.4, 0.5) is 0 Å². The van der Waals surface area contributed by atoms with Crippen LogP contribution in [-0.2, 0) is 11.3 Å². The van der Waals surface area contributed by atoms with Crippen LogP contribution in [0.15, 0.2) is 12.4 Å². The number of aryl methyl sites for hydroxylation is 1. The summed E-state index contributed by atoms with van der Waals surface area (Å²) in [7, 11) is 0. The van der Waals surface area contributed by atoms with E-state index in [0.717, 1.165) is 19.3 Å². The fraction of sp³-hybridized carbons (Fsp3) is 0.727. The second kappa shape index (κ2) is 5.77. The summed E-state index contributed by atoms with van der Waals surface area (Å²) in [5.74, 6) is 0.0443. The highest BCUT2D eigenvalue weighted by Crippen LogP contribution is 2.16. The number of nitrogens with one attached hydrogen (secondary N) is 1. The highest BCUT2D eigenvalue weighted by atomic mass is 16.1. The molecule has 6 heteroatoms. The summed E-state index contributed by atoms with van der Waals surface area (Å²) in [6.07, 6.45) is 8.11. The first-order valence-electron chi connectivity index (χ1n) is 6.15. The topological polar surface area (TPSA) is 85.8 Å². The Morgan fingerprint density at radius 3 is 3.00 bits per heavy atom. The fourth-order valence-corrected chi connectivity index (χ4v) is 2.19. The Kier molecular flexibility index (Phi) is 4.08. The maximum atomic E-state index is 11.7. The highest BCUT2D eigenvalue weighted by molar-refractivity contribution is 5.76. The first-order chi connectivity index (χ1) is 8.25. The minimum Gasteiger partial charge on any atom is -0.352 e. The molecule has 2 atom stereocenters. The summed E-state index contributed by atoms with van der Waals surface area (Å²) in [6.45, 7) is 0.563. The summed E-state index contributed by atoms with van der Waals surface area (Å²) in [4.78, 5) is 11.7. The van der Waals surface area contributed by atoms with E-state index in [9.17, 15) is 4.79 Å². The molecule has 2 rings (SSSR count). The van der Waals surface area contributed by atoms with Gasteiger partial charge in [0.2, 0.25) is 5.91 Å². The van der Waals surface area contributed by atoms with Crippen molar-refractivity contribution in [1.29, 1.82) is 0 Å².